The number of aromatic hydroxyl groups is 3. The van der Waals surface area contributed by atoms with Gasteiger partial charge < -0.3 is 79.9 Å². The predicted molar refractivity (Wildman–Crippen MR) is 208 cm³/mol. The van der Waals surface area contributed by atoms with Gasteiger partial charge in [0.05, 0.1) is 42.6 Å². The molecule has 62 heavy (non-hydrogen) atoms. The number of nitrogens with one attached hydrogen (secondary N) is 1. The van der Waals surface area contributed by atoms with Crippen LogP contribution in [0.15, 0.2) is 24.3 Å². The Balaban J connectivity index is 1.27. The molecule has 0 radical (unpaired) electrons. The van der Waals surface area contributed by atoms with E-state index in [4.69, 9.17) is 23.7 Å². The number of hydrogen-bond donors (Lipinski definition) is 10. The highest BCUT2D eigenvalue weighted by Crippen LogP contribution is 2.57. The van der Waals surface area contributed by atoms with Gasteiger partial charge in [0.2, 0.25) is 0 Å². The van der Waals surface area contributed by atoms with Crippen molar-refractivity contribution in [3.63, 3.8) is 0 Å². The molecule has 3 aliphatic heterocycles. The van der Waals surface area contributed by atoms with E-state index in [1.807, 2.05) is 0 Å². The average Bonchev–Trinajstić information content (AvgIpc) is 3.74. The minimum atomic E-state index is -1.88. The van der Waals surface area contributed by atoms with Crippen LogP contribution in [-0.4, -0.2) is 163 Å². The van der Waals surface area contributed by atoms with Gasteiger partial charge in [-0.2, -0.15) is 0 Å². The molecule has 332 valence electrons. The highest BCUT2D eigenvalue weighted by molar-refractivity contribution is 6.31. The number of ketones is 2. The summed E-state index contributed by atoms with van der Waals surface area (Å²) >= 11 is 0. The fourth-order valence-electron chi connectivity index (χ4n) is 9.36. The molecule has 3 heterocycles. The molecule has 2 aliphatic carbocycles. The number of aryl methyl sites for hydroxylation is 1. The number of amides is 1. The van der Waals surface area contributed by atoms with Crippen molar-refractivity contribution in [1.29, 1.82) is 0 Å². The Kier molecular flexibility index (Phi) is 11.3. The number of benzene rings is 3. The number of phenolic OH excluding ortho intramolecular Hbond substituents is 3. The maximum Gasteiger partial charge on any atom is 0.326 e. The van der Waals surface area contributed by atoms with Crippen LogP contribution in [0, 0.1) is 6.92 Å². The van der Waals surface area contributed by atoms with E-state index in [1.165, 1.54) is 26.2 Å². The van der Waals surface area contributed by atoms with Gasteiger partial charge in [-0.15, -0.1) is 0 Å². The summed E-state index contributed by atoms with van der Waals surface area (Å²) in [4.78, 5) is 55.7. The molecular formula is C42H46N2O18. The van der Waals surface area contributed by atoms with Gasteiger partial charge in [0.15, 0.2) is 24.1 Å². The number of ether oxygens (including phenoxy) is 5. The second-order valence-corrected chi connectivity index (χ2v) is 16.1. The molecule has 20 heteroatoms. The average molecular weight is 867 g/mol. The lowest BCUT2D eigenvalue weighted by Gasteiger charge is -2.47. The van der Waals surface area contributed by atoms with E-state index in [0.29, 0.717) is 6.42 Å². The SMILES string of the molecule is CN[C@@H]1[C@H](O[C@@H]2OC[C@@H](O)[C@H](O)[C@H]2O)[C@@H](O)[C@H](O[C@H]2c3cc(C)c(C(=O)N4CCC[C@@H]4C(=O)O)c(O)c3-c3c(cc4c(c3O)C(=O)c3cc(OC)cc(O)c3C4=O)[C@@H]2O)O[C@@H]1C. The number of aliphatic hydroxyl groups excluding tert-OH is 5. The summed E-state index contributed by atoms with van der Waals surface area (Å²) < 4.78 is 29.1. The van der Waals surface area contributed by atoms with Crippen molar-refractivity contribution in [2.45, 2.75) is 100 Å². The van der Waals surface area contributed by atoms with Crippen LogP contribution in [0.3, 0.4) is 0 Å². The summed E-state index contributed by atoms with van der Waals surface area (Å²) in [6.07, 6.45) is -15.0. The van der Waals surface area contributed by atoms with Gasteiger partial charge in [-0.25, -0.2) is 4.79 Å². The Labute approximate surface area is 352 Å². The first-order valence-corrected chi connectivity index (χ1v) is 19.9. The third-order valence-electron chi connectivity index (χ3n) is 12.5. The number of nitrogens with zero attached hydrogens (tertiary/aromatic N) is 1. The van der Waals surface area contributed by atoms with Crippen molar-refractivity contribution in [3.8, 4) is 34.1 Å². The molecule has 5 aliphatic rings. The third-order valence-corrected chi connectivity index (χ3v) is 12.5. The number of carboxylic acid groups (broad SMARTS) is 1. The van der Waals surface area contributed by atoms with Crippen molar-refractivity contribution in [1.82, 2.24) is 10.2 Å². The second-order valence-electron chi connectivity index (χ2n) is 16.1. The lowest BCUT2D eigenvalue weighted by atomic mass is 9.74. The molecule has 3 aromatic rings. The molecular weight excluding hydrogens is 820 g/mol. The predicted octanol–water partition coefficient (Wildman–Crippen LogP) is -0.125. The van der Waals surface area contributed by atoms with Gasteiger partial charge in [-0.3, -0.25) is 14.4 Å². The molecule has 0 bridgehead atoms. The first kappa shape index (κ1) is 43.4. The number of hydrogen-bond acceptors (Lipinski definition) is 18. The number of likely N-dealkylation sites (tertiary alicyclic amines) is 1. The van der Waals surface area contributed by atoms with Gasteiger partial charge in [0.25, 0.3) is 5.91 Å². The van der Waals surface area contributed by atoms with Crippen LogP contribution in [0.5, 0.6) is 23.0 Å². The van der Waals surface area contributed by atoms with Crippen LogP contribution < -0.4 is 10.1 Å². The smallest absolute Gasteiger partial charge is 0.326 e. The van der Waals surface area contributed by atoms with Crippen LogP contribution in [0.2, 0.25) is 0 Å². The Bertz CT molecular complexity index is 2370. The molecule has 0 saturated carbocycles. The number of methoxy groups -OCH3 is 1. The standard InChI is InChI=1S/C42H46N2O18/c1-13-8-19-26(33(51)23(13)39(55)44-7-5-6-20(44)40(56)57)25-17(11-18-27(34(25)52)30(48)16-9-15(58-4)10-21(45)24(16)29(18)47)31(49)37(19)61-42-36(54)38(28(43-3)14(2)60-42)62-41-35(53)32(50)22(46)12-59-41/h8-11,14,20,22,28,31-32,35-38,41-43,45-46,49-54H,5-7,12H2,1-4H3,(H,56,57)/t14-,20-,22-,28+,31+,32+,35-,36-,37+,38+,41+,42+/m1/s1. The molecule has 3 saturated heterocycles. The molecule has 12 atom stereocenters. The largest absolute Gasteiger partial charge is 0.507 e. The Morgan fingerprint density at radius 2 is 1.52 bits per heavy atom. The van der Waals surface area contributed by atoms with Gasteiger partial charge in [0.1, 0.15) is 71.8 Å². The second kappa shape index (κ2) is 16.1. The molecule has 8 rings (SSSR count). The monoisotopic (exact) mass is 866 g/mol. The zero-order valence-electron chi connectivity index (χ0n) is 33.7. The fourth-order valence-corrected chi connectivity index (χ4v) is 9.36. The van der Waals surface area contributed by atoms with Crippen molar-refractivity contribution in [2.75, 3.05) is 27.3 Å². The fraction of sp³-hybridized carbons (Fsp3) is 0.476. The lowest BCUT2D eigenvalue weighted by molar-refractivity contribution is -0.339. The number of carbonyl (C=O) groups excluding carboxylic acids is 3. The quantitative estimate of drug-likeness (QED) is 0.110. The Morgan fingerprint density at radius 1 is 0.839 bits per heavy atom. The number of aliphatic hydroxyl groups is 5. The summed E-state index contributed by atoms with van der Waals surface area (Å²) in [7, 11) is 2.82. The van der Waals surface area contributed by atoms with Gasteiger partial charge in [-0.05, 0) is 62.6 Å². The number of fused-ring (bicyclic) bond motifs is 5. The number of carbonyl (C=O) groups is 4. The van der Waals surface area contributed by atoms with E-state index in [0.717, 1.165) is 17.0 Å². The number of likely N-dealkylation sites (N-methyl/N-ethyl adjacent to an activating group) is 1. The number of rotatable bonds is 8. The van der Waals surface area contributed by atoms with E-state index in [-0.39, 0.29) is 57.7 Å². The van der Waals surface area contributed by atoms with Crippen molar-refractivity contribution < 1.29 is 88.8 Å². The number of carboxylic acids is 1. The van der Waals surface area contributed by atoms with Crippen molar-refractivity contribution in [3.05, 3.63) is 68.8 Å². The third kappa shape index (κ3) is 6.69. The highest BCUT2D eigenvalue weighted by atomic mass is 16.7. The summed E-state index contributed by atoms with van der Waals surface area (Å²) in [6, 6.07) is 2.76. The first-order chi connectivity index (χ1) is 29.4. The van der Waals surface area contributed by atoms with Gasteiger partial charge in [-0.1, -0.05) is 6.07 Å². The minimum Gasteiger partial charge on any atom is -0.507 e. The van der Waals surface area contributed by atoms with Crippen LogP contribution in [-0.2, 0) is 23.7 Å². The van der Waals surface area contributed by atoms with Crippen LogP contribution in [0.25, 0.3) is 11.1 Å². The first-order valence-electron chi connectivity index (χ1n) is 19.9. The van der Waals surface area contributed by atoms with E-state index >= 15 is 0 Å². The van der Waals surface area contributed by atoms with E-state index in [9.17, 15) is 65.1 Å². The van der Waals surface area contributed by atoms with E-state index in [1.54, 1.807) is 14.0 Å². The minimum absolute atomic E-state index is 0.0239. The van der Waals surface area contributed by atoms with Gasteiger partial charge in [0, 0.05) is 34.9 Å². The molecule has 3 aromatic carbocycles. The summed E-state index contributed by atoms with van der Waals surface area (Å²) in [5, 5.41) is 103. The highest BCUT2D eigenvalue weighted by Gasteiger charge is 2.51. The molecule has 10 N–H and O–H groups in total. The summed E-state index contributed by atoms with van der Waals surface area (Å²) in [5.41, 5.74) is -3.04. The number of aliphatic carboxylic acids is 1. The normalized spacial score (nSPS) is 31.5. The van der Waals surface area contributed by atoms with Crippen molar-refractivity contribution >= 4 is 23.4 Å². The van der Waals surface area contributed by atoms with Crippen LogP contribution in [0.1, 0.15) is 90.9 Å². The zero-order valence-corrected chi connectivity index (χ0v) is 33.7. The molecule has 3 fully saturated rings. The van der Waals surface area contributed by atoms with Crippen LogP contribution in [0.4, 0.5) is 0 Å². The summed E-state index contributed by atoms with van der Waals surface area (Å²) in [6.45, 7) is 2.69. The molecule has 0 unspecified atom stereocenters. The van der Waals surface area contributed by atoms with Crippen LogP contribution >= 0.6 is 0 Å². The van der Waals surface area contributed by atoms with E-state index < -0.39 is 137 Å². The topological polar surface area (TPSA) is 312 Å². The zero-order chi connectivity index (χ0) is 44.8. The Morgan fingerprint density at radius 3 is 2.19 bits per heavy atom. The van der Waals surface area contributed by atoms with E-state index in [2.05, 4.69) is 5.32 Å². The van der Waals surface area contributed by atoms with Gasteiger partial charge >= 0.3 is 5.97 Å². The molecule has 1 amide bonds. The van der Waals surface area contributed by atoms with Crippen molar-refractivity contribution in [2.24, 2.45) is 0 Å². The lowest BCUT2D eigenvalue weighted by Crippen LogP contribution is -2.65. The molecule has 0 aromatic heterocycles. The number of phenols is 3. The molecule has 20 nitrogen and oxygen atoms in total. The maximum atomic E-state index is 14.2. The Hall–Kier alpha value is -5.26. The maximum absolute atomic E-state index is 14.2. The summed E-state index contributed by atoms with van der Waals surface area (Å²) in [5.74, 6) is -6.20. The molecule has 0 spiro atoms.